The first-order valence-corrected chi connectivity index (χ1v) is 7.28. The molecule has 0 heterocycles. The molecule has 118 valence electrons. The van der Waals surface area contributed by atoms with E-state index in [1.54, 1.807) is 0 Å². The number of amides is 1. The summed E-state index contributed by atoms with van der Waals surface area (Å²) in [6, 6.07) is 6.13. The van der Waals surface area contributed by atoms with Crippen molar-refractivity contribution in [2.45, 2.75) is 64.9 Å². The summed E-state index contributed by atoms with van der Waals surface area (Å²) in [5, 5.41) is 10.3. The standard InChI is InChI=1S/C17H28N2O2/c1-16(2,3)12-7-11(14(20)10-15(21)19-18)8-13(9-12)17(4,5)6/h7-9,14,20H,10,18H2,1-6H3,(H,19,21)/t14-/m0/s1. The smallest absolute Gasteiger partial charge is 0.236 e. The Kier molecular flexibility index (Phi) is 5.18. The average molecular weight is 292 g/mol. The van der Waals surface area contributed by atoms with Gasteiger partial charge in [0.2, 0.25) is 5.91 Å². The van der Waals surface area contributed by atoms with Crippen LogP contribution >= 0.6 is 0 Å². The van der Waals surface area contributed by atoms with Crippen LogP contribution in [-0.4, -0.2) is 11.0 Å². The second kappa shape index (κ2) is 6.16. The minimum Gasteiger partial charge on any atom is -0.388 e. The number of hydrazine groups is 1. The zero-order chi connectivity index (χ0) is 16.4. The number of aliphatic hydroxyl groups is 1. The molecule has 4 heteroatoms. The first-order valence-electron chi connectivity index (χ1n) is 7.28. The molecule has 4 nitrogen and oxygen atoms in total. The Morgan fingerprint density at radius 3 is 1.86 bits per heavy atom. The summed E-state index contributed by atoms with van der Waals surface area (Å²) in [5.41, 5.74) is 5.07. The number of benzene rings is 1. The molecule has 0 saturated carbocycles. The van der Waals surface area contributed by atoms with Crippen molar-refractivity contribution in [3.05, 3.63) is 34.9 Å². The summed E-state index contributed by atoms with van der Waals surface area (Å²) >= 11 is 0. The lowest BCUT2D eigenvalue weighted by molar-refractivity contribution is -0.123. The molecule has 0 unspecified atom stereocenters. The molecule has 0 saturated heterocycles. The topological polar surface area (TPSA) is 75.3 Å². The number of carbonyl (C=O) groups is 1. The monoisotopic (exact) mass is 292 g/mol. The Morgan fingerprint density at radius 2 is 1.52 bits per heavy atom. The third-order valence-electron chi connectivity index (χ3n) is 3.61. The van der Waals surface area contributed by atoms with Gasteiger partial charge in [0.1, 0.15) is 0 Å². The van der Waals surface area contributed by atoms with Crippen molar-refractivity contribution < 1.29 is 9.90 Å². The first kappa shape index (κ1) is 17.7. The minimum atomic E-state index is -0.850. The lowest BCUT2D eigenvalue weighted by Crippen LogP contribution is -2.31. The van der Waals surface area contributed by atoms with Crippen LogP contribution in [0, 0.1) is 0 Å². The number of hydrogen-bond donors (Lipinski definition) is 3. The van der Waals surface area contributed by atoms with E-state index in [1.165, 1.54) is 0 Å². The van der Waals surface area contributed by atoms with Crippen molar-refractivity contribution in [3.8, 4) is 0 Å². The molecule has 1 atom stereocenters. The van der Waals surface area contributed by atoms with E-state index >= 15 is 0 Å². The Bertz CT molecular complexity index is 478. The predicted octanol–water partition coefficient (Wildman–Crippen LogP) is 2.70. The van der Waals surface area contributed by atoms with Crippen LogP contribution < -0.4 is 11.3 Å². The van der Waals surface area contributed by atoms with E-state index in [-0.39, 0.29) is 23.2 Å². The minimum absolute atomic E-state index is 0.0220. The van der Waals surface area contributed by atoms with Gasteiger partial charge in [0.25, 0.3) is 0 Å². The van der Waals surface area contributed by atoms with Gasteiger partial charge in [0.15, 0.2) is 0 Å². The molecule has 0 aliphatic carbocycles. The zero-order valence-electron chi connectivity index (χ0n) is 13.9. The summed E-state index contributed by atoms with van der Waals surface area (Å²) in [7, 11) is 0. The maximum absolute atomic E-state index is 11.4. The van der Waals surface area contributed by atoms with Crippen molar-refractivity contribution in [3.63, 3.8) is 0 Å². The molecular formula is C17H28N2O2. The first-order chi connectivity index (χ1) is 9.45. The van der Waals surface area contributed by atoms with Crippen molar-refractivity contribution in [2.24, 2.45) is 5.84 Å². The maximum atomic E-state index is 11.4. The summed E-state index contributed by atoms with van der Waals surface area (Å²) in [4.78, 5) is 11.4. The molecule has 21 heavy (non-hydrogen) atoms. The fraction of sp³-hybridized carbons (Fsp3) is 0.588. The van der Waals surface area contributed by atoms with Gasteiger partial charge in [-0.1, -0.05) is 59.7 Å². The van der Waals surface area contributed by atoms with Crippen LogP contribution in [0.25, 0.3) is 0 Å². The lowest BCUT2D eigenvalue weighted by Gasteiger charge is -2.27. The fourth-order valence-corrected chi connectivity index (χ4v) is 2.06. The van der Waals surface area contributed by atoms with E-state index in [4.69, 9.17) is 5.84 Å². The average Bonchev–Trinajstić information content (AvgIpc) is 2.35. The number of aliphatic hydroxyl groups excluding tert-OH is 1. The van der Waals surface area contributed by atoms with E-state index in [0.717, 1.165) is 16.7 Å². The van der Waals surface area contributed by atoms with Crippen molar-refractivity contribution in [1.82, 2.24) is 5.43 Å². The Balaban J connectivity index is 3.28. The van der Waals surface area contributed by atoms with Crippen LogP contribution in [0.3, 0.4) is 0 Å². The molecule has 0 fully saturated rings. The predicted molar refractivity (Wildman–Crippen MR) is 85.7 cm³/mol. The molecule has 1 rings (SSSR count). The number of rotatable bonds is 3. The second-order valence-electron chi connectivity index (χ2n) is 7.63. The van der Waals surface area contributed by atoms with Gasteiger partial charge in [0.05, 0.1) is 12.5 Å². The molecule has 0 aliphatic rings. The van der Waals surface area contributed by atoms with Crippen molar-refractivity contribution >= 4 is 5.91 Å². The summed E-state index contributed by atoms with van der Waals surface area (Å²) in [6.07, 6.45) is -0.884. The van der Waals surface area contributed by atoms with Crippen LogP contribution in [-0.2, 0) is 15.6 Å². The van der Waals surface area contributed by atoms with E-state index in [2.05, 4.69) is 53.0 Å². The van der Waals surface area contributed by atoms with Crippen LogP contribution in [0.2, 0.25) is 0 Å². The third-order valence-corrected chi connectivity index (χ3v) is 3.61. The Morgan fingerprint density at radius 1 is 1.10 bits per heavy atom. The van der Waals surface area contributed by atoms with Gasteiger partial charge in [-0.3, -0.25) is 10.2 Å². The molecule has 0 bridgehead atoms. The van der Waals surface area contributed by atoms with Gasteiger partial charge >= 0.3 is 0 Å². The van der Waals surface area contributed by atoms with Crippen LogP contribution in [0.1, 0.15) is 70.8 Å². The van der Waals surface area contributed by atoms with Crippen LogP contribution in [0.4, 0.5) is 0 Å². The maximum Gasteiger partial charge on any atom is 0.236 e. The molecule has 0 spiro atoms. The fourth-order valence-electron chi connectivity index (χ4n) is 2.06. The molecular weight excluding hydrogens is 264 g/mol. The van der Waals surface area contributed by atoms with Gasteiger partial charge in [-0.2, -0.15) is 0 Å². The molecule has 1 amide bonds. The van der Waals surface area contributed by atoms with Crippen LogP contribution in [0.5, 0.6) is 0 Å². The van der Waals surface area contributed by atoms with E-state index in [9.17, 15) is 9.90 Å². The summed E-state index contributed by atoms with van der Waals surface area (Å²) in [5.74, 6) is 4.71. The number of nitrogens with two attached hydrogens (primary N) is 1. The molecule has 4 N–H and O–H groups in total. The molecule has 1 aromatic rings. The van der Waals surface area contributed by atoms with Crippen LogP contribution in [0.15, 0.2) is 18.2 Å². The molecule has 0 aliphatic heterocycles. The van der Waals surface area contributed by atoms with E-state index in [1.807, 2.05) is 12.1 Å². The van der Waals surface area contributed by atoms with Gasteiger partial charge in [0, 0.05) is 0 Å². The highest BCUT2D eigenvalue weighted by Gasteiger charge is 2.23. The normalized spacial score (nSPS) is 13.9. The molecule has 0 radical (unpaired) electrons. The molecule has 1 aromatic carbocycles. The number of hydrogen-bond acceptors (Lipinski definition) is 3. The van der Waals surface area contributed by atoms with Gasteiger partial charge < -0.3 is 5.11 Å². The third kappa shape index (κ3) is 4.83. The summed E-state index contributed by atoms with van der Waals surface area (Å²) < 4.78 is 0. The van der Waals surface area contributed by atoms with Gasteiger partial charge in [-0.05, 0) is 27.5 Å². The highest BCUT2D eigenvalue weighted by atomic mass is 16.3. The molecule has 0 aromatic heterocycles. The van der Waals surface area contributed by atoms with E-state index < -0.39 is 6.10 Å². The van der Waals surface area contributed by atoms with Crippen molar-refractivity contribution in [1.29, 1.82) is 0 Å². The van der Waals surface area contributed by atoms with Gasteiger partial charge in [-0.15, -0.1) is 0 Å². The highest BCUT2D eigenvalue weighted by molar-refractivity contribution is 5.75. The largest absolute Gasteiger partial charge is 0.388 e. The zero-order valence-corrected chi connectivity index (χ0v) is 13.9. The Hall–Kier alpha value is -1.39. The quantitative estimate of drug-likeness (QED) is 0.455. The number of carbonyl (C=O) groups excluding carboxylic acids is 1. The lowest BCUT2D eigenvalue weighted by atomic mass is 9.79. The number of nitrogens with one attached hydrogen (secondary N) is 1. The van der Waals surface area contributed by atoms with E-state index in [0.29, 0.717) is 0 Å². The highest BCUT2D eigenvalue weighted by Crippen LogP contribution is 2.32. The second-order valence-corrected chi connectivity index (χ2v) is 7.63. The Labute approximate surface area is 127 Å². The summed E-state index contributed by atoms with van der Waals surface area (Å²) in [6.45, 7) is 12.8. The SMILES string of the molecule is CC(C)(C)c1cc([C@@H](O)CC(=O)NN)cc(C(C)(C)C)c1. The van der Waals surface area contributed by atoms with Crippen molar-refractivity contribution in [2.75, 3.05) is 0 Å². The van der Waals surface area contributed by atoms with Gasteiger partial charge in [-0.25, -0.2) is 5.84 Å².